The highest BCUT2D eigenvalue weighted by molar-refractivity contribution is 6.37. The van der Waals surface area contributed by atoms with Crippen molar-refractivity contribution in [1.29, 1.82) is 0 Å². The number of nitrogens with two attached hydrogens (primary N) is 1. The first kappa shape index (κ1) is 13.7. The molecule has 0 spiro atoms. The van der Waals surface area contributed by atoms with Crippen LogP contribution in [0, 0.1) is 0 Å². The van der Waals surface area contributed by atoms with E-state index in [2.05, 4.69) is 29.2 Å². The molecule has 2 rings (SSSR count). The Bertz CT molecular complexity index is 434. The van der Waals surface area contributed by atoms with E-state index in [4.69, 9.17) is 28.9 Å². The van der Waals surface area contributed by atoms with Crippen LogP contribution in [0.1, 0.15) is 19.8 Å². The normalized spacial score (nSPS) is 16.9. The fourth-order valence-corrected chi connectivity index (χ4v) is 2.26. The van der Waals surface area contributed by atoms with Gasteiger partial charge in [-0.15, -0.1) is 0 Å². The first-order valence-corrected chi connectivity index (χ1v) is 6.82. The molecule has 0 amide bonds. The molecule has 0 bridgehead atoms. The molecule has 1 saturated carbocycles. The van der Waals surface area contributed by atoms with Crippen LogP contribution in [0.5, 0.6) is 0 Å². The number of halogens is 2. The Labute approximate surface area is 117 Å². The van der Waals surface area contributed by atoms with E-state index in [0.717, 1.165) is 12.6 Å². The number of pyridine rings is 1. The van der Waals surface area contributed by atoms with Gasteiger partial charge in [-0.3, -0.25) is 4.90 Å². The third kappa shape index (κ3) is 3.19. The van der Waals surface area contributed by atoms with Crippen LogP contribution in [-0.4, -0.2) is 35.6 Å². The van der Waals surface area contributed by atoms with Gasteiger partial charge in [0.15, 0.2) is 0 Å². The monoisotopic (exact) mass is 288 g/mol. The van der Waals surface area contributed by atoms with Gasteiger partial charge < -0.3 is 11.1 Å². The van der Waals surface area contributed by atoms with Gasteiger partial charge in [-0.05, 0) is 32.9 Å². The zero-order valence-electron chi connectivity index (χ0n) is 10.6. The van der Waals surface area contributed by atoms with E-state index in [1.165, 1.54) is 12.8 Å². The number of rotatable bonds is 5. The van der Waals surface area contributed by atoms with Gasteiger partial charge in [-0.1, -0.05) is 23.2 Å². The highest BCUT2D eigenvalue weighted by atomic mass is 35.5. The average Bonchev–Trinajstić information content (AvgIpc) is 3.14. The van der Waals surface area contributed by atoms with Crippen molar-refractivity contribution in [2.45, 2.75) is 31.8 Å². The predicted molar refractivity (Wildman–Crippen MR) is 77.4 cm³/mol. The Hall–Kier alpha value is -0.710. The van der Waals surface area contributed by atoms with Crippen LogP contribution in [0.25, 0.3) is 0 Å². The number of aromatic nitrogens is 1. The Morgan fingerprint density at radius 1 is 1.50 bits per heavy atom. The quantitative estimate of drug-likeness (QED) is 0.875. The molecule has 1 aliphatic rings. The molecule has 1 heterocycles. The number of nitrogens with zero attached hydrogens (tertiary/aromatic N) is 2. The van der Waals surface area contributed by atoms with Crippen LogP contribution >= 0.6 is 23.2 Å². The van der Waals surface area contributed by atoms with Gasteiger partial charge in [0.05, 0.1) is 10.0 Å². The molecule has 100 valence electrons. The number of hydrogen-bond acceptors (Lipinski definition) is 4. The molecule has 1 aliphatic carbocycles. The molecule has 0 radical (unpaired) electrons. The Morgan fingerprint density at radius 3 is 2.78 bits per heavy atom. The van der Waals surface area contributed by atoms with Crippen molar-refractivity contribution in [3.05, 3.63) is 16.1 Å². The molecule has 6 heteroatoms. The summed E-state index contributed by atoms with van der Waals surface area (Å²) in [4.78, 5) is 6.52. The summed E-state index contributed by atoms with van der Waals surface area (Å²) in [5.41, 5.74) is 5.66. The second kappa shape index (κ2) is 5.51. The van der Waals surface area contributed by atoms with Crippen molar-refractivity contribution < 1.29 is 0 Å². The van der Waals surface area contributed by atoms with Gasteiger partial charge in [0.25, 0.3) is 0 Å². The van der Waals surface area contributed by atoms with E-state index < -0.39 is 0 Å². The predicted octanol–water partition coefficient (Wildman–Crippen LogP) is 2.87. The topological polar surface area (TPSA) is 54.2 Å². The van der Waals surface area contributed by atoms with Crippen molar-refractivity contribution in [2.75, 3.05) is 24.6 Å². The molecule has 1 aromatic rings. The molecule has 18 heavy (non-hydrogen) atoms. The van der Waals surface area contributed by atoms with E-state index in [1.54, 1.807) is 6.07 Å². The first-order chi connectivity index (χ1) is 8.49. The minimum Gasteiger partial charge on any atom is -0.382 e. The van der Waals surface area contributed by atoms with Gasteiger partial charge in [0, 0.05) is 18.6 Å². The van der Waals surface area contributed by atoms with Crippen LogP contribution in [-0.2, 0) is 0 Å². The number of hydrogen-bond donors (Lipinski definition) is 2. The molecule has 0 aromatic carbocycles. The fraction of sp³-hybridized carbons (Fsp3) is 0.583. The van der Waals surface area contributed by atoms with Crippen LogP contribution < -0.4 is 11.1 Å². The molecular weight excluding hydrogens is 271 g/mol. The van der Waals surface area contributed by atoms with E-state index >= 15 is 0 Å². The second-order valence-electron chi connectivity index (χ2n) is 4.81. The summed E-state index contributed by atoms with van der Waals surface area (Å²) in [6, 6.07) is 2.77. The third-order valence-corrected chi connectivity index (χ3v) is 3.93. The van der Waals surface area contributed by atoms with Crippen molar-refractivity contribution in [3.8, 4) is 0 Å². The van der Waals surface area contributed by atoms with Gasteiger partial charge in [-0.25, -0.2) is 4.98 Å². The van der Waals surface area contributed by atoms with Gasteiger partial charge in [0.2, 0.25) is 0 Å². The molecule has 4 nitrogen and oxygen atoms in total. The molecule has 1 atom stereocenters. The lowest BCUT2D eigenvalue weighted by Crippen LogP contribution is -2.36. The Balaban J connectivity index is 1.95. The van der Waals surface area contributed by atoms with Gasteiger partial charge in [-0.2, -0.15) is 0 Å². The molecule has 3 N–H and O–H groups in total. The average molecular weight is 289 g/mol. The lowest BCUT2D eigenvalue weighted by Gasteiger charge is -2.25. The third-order valence-electron chi connectivity index (χ3n) is 3.34. The number of nitrogen functional groups attached to an aromatic ring is 1. The van der Waals surface area contributed by atoms with E-state index in [-0.39, 0.29) is 0 Å². The van der Waals surface area contributed by atoms with Gasteiger partial charge in [0.1, 0.15) is 11.6 Å². The Morgan fingerprint density at radius 2 is 2.17 bits per heavy atom. The standard InChI is InChI=1S/C12H18Cl2N4/c1-7(18(2)8-3-4-8)6-16-12-10(14)5-9(13)11(15)17-12/h5,7-8H,3-4,6H2,1-2H3,(H3,15,16,17). The largest absolute Gasteiger partial charge is 0.382 e. The van der Waals surface area contributed by atoms with Crippen LogP contribution in [0.15, 0.2) is 6.07 Å². The first-order valence-electron chi connectivity index (χ1n) is 6.06. The minimum absolute atomic E-state index is 0.298. The highest BCUT2D eigenvalue weighted by Gasteiger charge is 2.28. The minimum atomic E-state index is 0.298. The van der Waals surface area contributed by atoms with Gasteiger partial charge >= 0.3 is 0 Å². The zero-order chi connectivity index (χ0) is 13.3. The van der Waals surface area contributed by atoms with Crippen molar-refractivity contribution in [1.82, 2.24) is 9.88 Å². The smallest absolute Gasteiger partial charge is 0.147 e. The molecule has 1 aromatic heterocycles. The SMILES string of the molecule is CC(CNc1nc(N)c(Cl)cc1Cl)N(C)C1CC1. The van der Waals surface area contributed by atoms with Crippen LogP contribution in [0.4, 0.5) is 11.6 Å². The van der Waals surface area contributed by atoms with E-state index in [1.807, 2.05) is 0 Å². The Kier molecular flexibility index (Phi) is 4.20. The maximum atomic E-state index is 6.06. The molecular formula is C12H18Cl2N4. The maximum absolute atomic E-state index is 6.06. The van der Waals surface area contributed by atoms with Crippen molar-refractivity contribution in [3.63, 3.8) is 0 Å². The number of likely N-dealkylation sites (N-methyl/N-ethyl adjacent to an activating group) is 1. The second-order valence-corrected chi connectivity index (χ2v) is 5.63. The highest BCUT2D eigenvalue weighted by Crippen LogP contribution is 2.29. The lowest BCUT2D eigenvalue weighted by molar-refractivity contribution is 0.257. The molecule has 1 fully saturated rings. The summed E-state index contributed by atoms with van der Waals surface area (Å²) in [5, 5.41) is 4.10. The fourth-order valence-electron chi connectivity index (χ4n) is 1.83. The summed E-state index contributed by atoms with van der Waals surface area (Å²) >= 11 is 11.9. The lowest BCUT2D eigenvalue weighted by atomic mass is 10.3. The summed E-state index contributed by atoms with van der Waals surface area (Å²) in [7, 11) is 2.15. The maximum Gasteiger partial charge on any atom is 0.147 e. The molecule has 1 unspecified atom stereocenters. The summed E-state index contributed by atoms with van der Waals surface area (Å²) in [5.74, 6) is 0.890. The molecule has 0 saturated heterocycles. The summed E-state index contributed by atoms with van der Waals surface area (Å²) < 4.78 is 0. The number of anilines is 2. The van der Waals surface area contributed by atoms with E-state index in [9.17, 15) is 0 Å². The summed E-state index contributed by atoms with van der Waals surface area (Å²) in [6.07, 6.45) is 2.60. The number of nitrogens with one attached hydrogen (secondary N) is 1. The van der Waals surface area contributed by atoms with Crippen molar-refractivity contribution in [2.24, 2.45) is 0 Å². The summed E-state index contributed by atoms with van der Waals surface area (Å²) in [6.45, 7) is 2.96. The van der Waals surface area contributed by atoms with E-state index in [0.29, 0.717) is 27.7 Å². The molecule has 0 aliphatic heterocycles. The van der Waals surface area contributed by atoms with Crippen LogP contribution in [0.3, 0.4) is 0 Å². The zero-order valence-corrected chi connectivity index (χ0v) is 12.1. The van der Waals surface area contributed by atoms with Crippen molar-refractivity contribution >= 4 is 34.8 Å². The van der Waals surface area contributed by atoms with Crippen LogP contribution in [0.2, 0.25) is 10.0 Å².